The molecule has 0 saturated carbocycles. The molecule has 3 rings (SSSR count). The van der Waals surface area contributed by atoms with Crippen molar-refractivity contribution in [2.24, 2.45) is 5.92 Å². The van der Waals surface area contributed by atoms with Crippen molar-refractivity contribution in [3.63, 3.8) is 0 Å². The third kappa shape index (κ3) is 4.89. The zero-order chi connectivity index (χ0) is 19.2. The summed E-state index contributed by atoms with van der Waals surface area (Å²) in [6.45, 7) is 0.865. The lowest BCUT2D eigenvalue weighted by Gasteiger charge is -2.21. The second kappa shape index (κ2) is 8.41. The van der Waals surface area contributed by atoms with E-state index in [1.54, 1.807) is 18.2 Å². The molecule has 8 nitrogen and oxygen atoms in total. The van der Waals surface area contributed by atoms with Gasteiger partial charge in [0.15, 0.2) is 5.52 Å². The predicted octanol–water partition coefficient (Wildman–Crippen LogP) is 2.38. The molecular formula is C19H20N4O4. The number of nitrogens with zero attached hydrogens (tertiary/aromatic N) is 3. The molecule has 0 fully saturated rings. The quantitative estimate of drug-likeness (QED) is 0.628. The van der Waals surface area contributed by atoms with E-state index >= 15 is 0 Å². The van der Waals surface area contributed by atoms with Gasteiger partial charge in [-0.3, -0.25) is 9.59 Å². The van der Waals surface area contributed by atoms with Crippen molar-refractivity contribution in [3.8, 4) is 0 Å². The lowest BCUT2D eigenvalue weighted by Crippen LogP contribution is -2.33. The lowest BCUT2D eigenvalue weighted by molar-refractivity contribution is -0.144. The maximum absolute atomic E-state index is 12.4. The molecule has 0 radical (unpaired) electrons. The Morgan fingerprint density at radius 1 is 1.15 bits per heavy atom. The van der Waals surface area contributed by atoms with Crippen LogP contribution in [0.15, 0.2) is 53.2 Å². The predicted molar refractivity (Wildman–Crippen MR) is 99.0 cm³/mol. The molecule has 1 heterocycles. The Morgan fingerprint density at radius 3 is 2.67 bits per heavy atom. The molecule has 2 N–H and O–H groups in total. The molecule has 1 aromatic heterocycles. The number of amides is 1. The van der Waals surface area contributed by atoms with E-state index in [1.165, 1.54) is 0 Å². The molecule has 1 amide bonds. The number of carbonyl (C=O) groups is 2. The summed E-state index contributed by atoms with van der Waals surface area (Å²) >= 11 is 0. The first-order valence-corrected chi connectivity index (χ1v) is 8.49. The number of rotatable bonds is 8. The fourth-order valence-electron chi connectivity index (χ4n) is 2.90. The van der Waals surface area contributed by atoms with Crippen LogP contribution in [-0.2, 0) is 16.1 Å². The van der Waals surface area contributed by atoms with E-state index in [-0.39, 0.29) is 13.0 Å². The lowest BCUT2D eigenvalue weighted by atomic mass is 10.0. The van der Waals surface area contributed by atoms with Gasteiger partial charge in [-0.05, 0) is 35.1 Å². The molecule has 2 aromatic carbocycles. The number of fused-ring (bicyclic) bond motifs is 1. The third-order valence-electron chi connectivity index (χ3n) is 4.17. The highest BCUT2D eigenvalue weighted by atomic mass is 16.6. The van der Waals surface area contributed by atoms with Gasteiger partial charge in [-0.1, -0.05) is 36.4 Å². The number of carboxylic acids is 1. The number of aromatic nitrogens is 2. The van der Waals surface area contributed by atoms with E-state index in [0.29, 0.717) is 23.3 Å². The second-order valence-corrected chi connectivity index (χ2v) is 6.41. The number of carbonyl (C=O) groups excluding carboxylic acids is 1. The monoisotopic (exact) mass is 368 g/mol. The average Bonchev–Trinajstić information content (AvgIpc) is 3.11. The largest absolute Gasteiger partial charge is 0.481 e. The summed E-state index contributed by atoms with van der Waals surface area (Å²) in [5.41, 5.74) is 2.48. The van der Waals surface area contributed by atoms with E-state index in [4.69, 9.17) is 0 Å². The van der Waals surface area contributed by atoms with E-state index < -0.39 is 17.8 Å². The van der Waals surface area contributed by atoms with Crippen molar-refractivity contribution < 1.29 is 19.3 Å². The SMILES string of the molecule is CN(Cc1ccccc1)C[C@H](CC(=O)Nc1cccc2nonc12)C(=O)O. The smallest absolute Gasteiger partial charge is 0.308 e. The van der Waals surface area contributed by atoms with Gasteiger partial charge in [-0.25, -0.2) is 4.63 Å². The fourth-order valence-corrected chi connectivity index (χ4v) is 2.90. The summed E-state index contributed by atoms with van der Waals surface area (Å²) < 4.78 is 4.66. The molecule has 0 aliphatic carbocycles. The molecule has 0 bridgehead atoms. The number of benzene rings is 2. The van der Waals surface area contributed by atoms with Crippen molar-refractivity contribution in [2.45, 2.75) is 13.0 Å². The molecule has 27 heavy (non-hydrogen) atoms. The normalized spacial score (nSPS) is 12.2. The fraction of sp³-hybridized carbons (Fsp3) is 0.263. The zero-order valence-electron chi connectivity index (χ0n) is 14.8. The zero-order valence-corrected chi connectivity index (χ0v) is 14.8. The molecule has 0 aliphatic rings. The minimum Gasteiger partial charge on any atom is -0.481 e. The Kier molecular flexibility index (Phi) is 5.77. The van der Waals surface area contributed by atoms with Crippen molar-refractivity contribution >= 4 is 28.6 Å². The maximum Gasteiger partial charge on any atom is 0.308 e. The minimum atomic E-state index is -1.01. The average molecular weight is 368 g/mol. The topological polar surface area (TPSA) is 109 Å². The van der Waals surface area contributed by atoms with Gasteiger partial charge in [-0.2, -0.15) is 0 Å². The van der Waals surface area contributed by atoms with E-state index in [1.807, 2.05) is 42.3 Å². The standard InChI is InChI=1S/C19H20N4O4/c1-23(11-13-6-3-2-4-7-13)12-14(19(25)26)10-17(24)20-15-8-5-9-16-18(15)22-27-21-16/h2-9,14H,10-12H2,1H3,(H,20,24)(H,25,26)/t14-/m0/s1. The number of aliphatic carboxylic acids is 1. The summed E-state index contributed by atoms with van der Waals surface area (Å²) in [4.78, 5) is 25.9. The van der Waals surface area contributed by atoms with Gasteiger partial charge >= 0.3 is 5.97 Å². The number of carboxylic acid groups (broad SMARTS) is 1. The van der Waals surface area contributed by atoms with Gasteiger partial charge in [0.25, 0.3) is 0 Å². The highest BCUT2D eigenvalue weighted by Gasteiger charge is 2.23. The van der Waals surface area contributed by atoms with Crippen molar-refractivity contribution in [3.05, 3.63) is 54.1 Å². The van der Waals surface area contributed by atoms with Gasteiger partial charge in [0.1, 0.15) is 5.52 Å². The summed E-state index contributed by atoms with van der Waals surface area (Å²) in [7, 11) is 1.84. The van der Waals surface area contributed by atoms with Crippen LogP contribution in [0.2, 0.25) is 0 Å². The number of hydrogen-bond donors (Lipinski definition) is 2. The molecule has 8 heteroatoms. The van der Waals surface area contributed by atoms with E-state index in [2.05, 4.69) is 20.3 Å². The molecule has 0 saturated heterocycles. The number of hydrogen-bond acceptors (Lipinski definition) is 6. The number of nitrogens with one attached hydrogen (secondary N) is 1. The molecule has 3 aromatic rings. The second-order valence-electron chi connectivity index (χ2n) is 6.41. The third-order valence-corrected chi connectivity index (χ3v) is 4.17. The van der Waals surface area contributed by atoms with Crippen LogP contribution < -0.4 is 5.32 Å². The Balaban J connectivity index is 1.61. The van der Waals surface area contributed by atoms with E-state index in [9.17, 15) is 14.7 Å². The van der Waals surface area contributed by atoms with Crippen molar-refractivity contribution in [2.75, 3.05) is 18.9 Å². The first-order valence-electron chi connectivity index (χ1n) is 8.49. The highest BCUT2D eigenvalue weighted by Crippen LogP contribution is 2.20. The first-order chi connectivity index (χ1) is 13.0. The minimum absolute atomic E-state index is 0.143. The van der Waals surface area contributed by atoms with Crippen LogP contribution in [-0.4, -0.2) is 45.8 Å². The van der Waals surface area contributed by atoms with Gasteiger partial charge in [0.2, 0.25) is 5.91 Å². The van der Waals surface area contributed by atoms with Gasteiger partial charge < -0.3 is 15.3 Å². The summed E-state index contributed by atoms with van der Waals surface area (Å²) in [6.07, 6.45) is -0.143. The van der Waals surface area contributed by atoms with Crippen molar-refractivity contribution in [1.82, 2.24) is 15.2 Å². The Labute approximate surface area is 155 Å². The van der Waals surface area contributed by atoms with Gasteiger partial charge in [0, 0.05) is 19.5 Å². The number of anilines is 1. The Morgan fingerprint density at radius 2 is 1.93 bits per heavy atom. The molecule has 140 valence electrons. The molecule has 1 atom stereocenters. The Hall–Kier alpha value is -3.26. The van der Waals surface area contributed by atoms with Gasteiger partial charge in [-0.15, -0.1) is 0 Å². The summed E-state index contributed by atoms with van der Waals surface area (Å²) in [5.74, 6) is -2.23. The van der Waals surface area contributed by atoms with Gasteiger partial charge in [0.05, 0.1) is 11.6 Å². The summed E-state index contributed by atoms with van der Waals surface area (Å²) in [6, 6.07) is 14.8. The van der Waals surface area contributed by atoms with Crippen LogP contribution in [0.3, 0.4) is 0 Å². The van der Waals surface area contributed by atoms with Crippen LogP contribution in [0, 0.1) is 5.92 Å². The summed E-state index contributed by atoms with van der Waals surface area (Å²) in [5, 5.41) is 19.7. The Bertz CT molecular complexity index is 926. The van der Waals surface area contributed by atoms with Crippen molar-refractivity contribution in [1.29, 1.82) is 0 Å². The van der Waals surface area contributed by atoms with Crippen LogP contribution >= 0.6 is 0 Å². The van der Waals surface area contributed by atoms with E-state index in [0.717, 1.165) is 5.56 Å². The highest BCUT2D eigenvalue weighted by molar-refractivity contribution is 5.99. The molecule has 0 aliphatic heterocycles. The maximum atomic E-state index is 12.4. The molecule has 0 unspecified atom stereocenters. The first kappa shape index (κ1) is 18.5. The molecule has 0 spiro atoms. The van der Waals surface area contributed by atoms with Crippen LogP contribution in [0.4, 0.5) is 5.69 Å². The van der Waals surface area contributed by atoms with Crippen LogP contribution in [0.1, 0.15) is 12.0 Å². The van der Waals surface area contributed by atoms with Crippen LogP contribution in [0.5, 0.6) is 0 Å². The van der Waals surface area contributed by atoms with Crippen LogP contribution in [0.25, 0.3) is 11.0 Å². The molecular weight excluding hydrogens is 348 g/mol.